The summed E-state index contributed by atoms with van der Waals surface area (Å²) in [6.45, 7) is 52.7. The smallest absolute Gasteiger partial charge is 0.223 e. The Balaban J connectivity index is -0.000000114. The van der Waals surface area contributed by atoms with Crippen LogP contribution in [-0.2, 0) is 0 Å². The highest BCUT2D eigenvalue weighted by atomic mass is 32.1. The summed E-state index contributed by atoms with van der Waals surface area (Å²) < 4.78 is 24.0. The van der Waals surface area contributed by atoms with E-state index in [1.807, 2.05) is 243 Å². The van der Waals surface area contributed by atoms with Crippen LogP contribution in [0.1, 0.15) is 175 Å². The molecule has 0 aliphatic heterocycles. The van der Waals surface area contributed by atoms with Crippen molar-refractivity contribution in [3.05, 3.63) is 190 Å². The lowest BCUT2D eigenvalue weighted by molar-refractivity contribution is 0.389. The first-order chi connectivity index (χ1) is 38.0. The third kappa shape index (κ3) is 65.6. The molecule has 0 saturated carbocycles. The molecule has 0 aliphatic carbocycles. The van der Waals surface area contributed by atoms with Gasteiger partial charge in [-0.3, -0.25) is 9.97 Å². The predicted octanol–water partition coefficient (Wildman–Crippen LogP) is 20.9. The van der Waals surface area contributed by atoms with Gasteiger partial charge in [0.2, 0.25) is 17.7 Å². The zero-order valence-corrected chi connectivity index (χ0v) is 55.6. The van der Waals surface area contributed by atoms with Crippen LogP contribution in [0.5, 0.6) is 0 Å². The highest BCUT2D eigenvalue weighted by Gasteiger charge is 1.96. The molecule has 0 N–H and O–H groups in total. The number of furan rings is 1. The van der Waals surface area contributed by atoms with Gasteiger partial charge in [-0.25, -0.2) is 15.0 Å². The summed E-state index contributed by atoms with van der Waals surface area (Å²) >= 11 is 4.85. The second kappa shape index (κ2) is 76.9. The Morgan fingerprint density at radius 1 is 0.397 bits per heavy atom. The summed E-state index contributed by atoms with van der Waals surface area (Å²) in [4.78, 5) is 23.7. The third-order valence-electron chi connectivity index (χ3n) is 6.06. The molecular weight excluding hydrogens is 1030 g/mol. The molecule has 0 aliphatic rings. The Bertz CT molecular complexity index is 2100. The predicted molar refractivity (Wildman–Crippen MR) is 341 cm³/mol. The molecule has 0 unspecified atom stereocenters. The van der Waals surface area contributed by atoms with Gasteiger partial charge in [0.15, 0.2) is 11.7 Å². The molecule has 10 aromatic rings. The number of fused-ring (bicyclic) bond motifs is 1. The van der Waals surface area contributed by atoms with Gasteiger partial charge in [0.05, 0.1) is 39.0 Å². The van der Waals surface area contributed by atoms with Crippen molar-refractivity contribution in [3.8, 4) is 0 Å². The number of para-hydroxylation sites is 1. The Morgan fingerprint density at radius 2 is 0.885 bits per heavy atom. The number of oxazole rings is 1. The lowest BCUT2D eigenvalue weighted by atomic mass is 10.3. The van der Waals surface area contributed by atoms with Crippen LogP contribution >= 0.6 is 34.2 Å². The summed E-state index contributed by atoms with van der Waals surface area (Å²) in [5.74, 6) is 4.16. The van der Waals surface area contributed by atoms with Crippen LogP contribution in [0.4, 0.5) is 0 Å². The molecule has 0 amide bonds. The zero-order valence-electron chi connectivity index (χ0n) is 53.1. The summed E-state index contributed by atoms with van der Waals surface area (Å²) in [6.07, 6.45) is 11.7. The van der Waals surface area contributed by atoms with E-state index in [9.17, 15) is 0 Å². The molecule has 0 atom stereocenters. The fourth-order valence-corrected chi connectivity index (χ4v) is 5.44. The number of hydrogen-bond donors (Lipinski definition) is 0. The fourth-order valence-electron chi connectivity index (χ4n) is 3.70. The first kappa shape index (κ1) is 88.1. The van der Waals surface area contributed by atoms with Gasteiger partial charge in [0, 0.05) is 51.7 Å². The summed E-state index contributed by atoms with van der Waals surface area (Å²) in [5, 5.41) is 16.0. The number of aromatic nitrogens is 10. The van der Waals surface area contributed by atoms with E-state index in [0.717, 1.165) is 32.3 Å². The molecule has 17 heteroatoms. The Morgan fingerprint density at radius 3 is 1.09 bits per heavy atom. The second-order valence-corrected chi connectivity index (χ2v) is 14.6. The minimum atomic E-state index is 0.623. The summed E-state index contributed by atoms with van der Waals surface area (Å²) in [5.41, 5.74) is 1.12. The van der Waals surface area contributed by atoms with Crippen molar-refractivity contribution in [1.29, 1.82) is 0 Å². The van der Waals surface area contributed by atoms with Gasteiger partial charge in [-0.1, -0.05) is 184 Å². The molecule has 0 fully saturated rings. The molecule has 440 valence electrons. The summed E-state index contributed by atoms with van der Waals surface area (Å²) in [6, 6.07) is 29.6. The highest BCUT2D eigenvalue weighted by Crippen LogP contribution is 2.20. The number of nitrogens with zero attached hydrogens (tertiary/aromatic N) is 10. The first-order valence-electron chi connectivity index (χ1n) is 27.2. The van der Waals surface area contributed by atoms with Crippen molar-refractivity contribution in [3.63, 3.8) is 0 Å². The van der Waals surface area contributed by atoms with Crippen LogP contribution in [0.15, 0.2) is 158 Å². The maximum Gasteiger partial charge on any atom is 0.223 e. The zero-order chi connectivity index (χ0) is 61.6. The van der Waals surface area contributed by atoms with Crippen LogP contribution in [0.25, 0.3) is 10.2 Å². The van der Waals surface area contributed by atoms with Crippen LogP contribution in [0, 0.1) is 62.3 Å². The van der Waals surface area contributed by atoms with Crippen molar-refractivity contribution in [2.45, 2.75) is 187 Å². The maximum absolute atomic E-state index is 4.86. The van der Waals surface area contributed by atoms with Gasteiger partial charge in [0.1, 0.15) is 17.1 Å². The van der Waals surface area contributed by atoms with E-state index in [4.69, 9.17) is 8.83 Å². The van der Waals surface area contributed by atoms with Crippen molar-refractivity contribution >= 4 is 44.4 Å². The molecule has 0 bridgehead atoms. The Hall–Kier alpha value is -6.56. The lowest BCUT2D eigenvalue weighted by Gasteiger charge is -1.80. The highest BCUT2D eigenvalue weighted by molar-refractivity contribution is 7.18. The number of benzene rings is 2. The van der Waals surface area contributed by atoms with E-state index in [2.05, 4.69) is 64.6 Å². The van der Waals surface area contributed by atoms with E-state index in [1.165, 1.54) is 16.2 Å². The Labute approximate surface area is 486 Å². The third-order valence-corrected chi connectivity index (χ3v) is 8.42. The fraction of sp³-hybridized carbons (Fsp3) is 0.443. The normalized spacial score (nSPS) is 7.68. The van der Waals surface area contributed by atoms with Crippen molar-refractivity contribution in [1.82, 2.24) is 49.6 Å². The largest absolute Gasteiger partial charge is 0.473 e. The second-order valence-electron chi connectivity index (χ2n) is 11.3. The minimum absolute atomic E-state index is 0.623. The van der Waals surface area contributed by atoms with Gasteiger partial charge in [-0.05, 0) is 82.5 Å². The average Bonchev–Trinajstić information content (AvgIpc) is 4.41. The SMILES string of the molecule is CC.CC.CC.CC.CC.CC.CC.CC.CC.Cc1nc2ccccc2s1.Cc1ncco1.Cc1nccs1.Cc1nnc(C)o1.Cc1noc(C)n1.Cc1nsc(C)n1.c1ccccc1.c1ccncc1.c1ccoc1. The quantitative estimate of drug-likeness (QED) is 0.140. The van der Waals surface area contributed by atoms with Crippen molar-refractivity contribution in [2.75, 3.05) is 0 Å². The van der Waals surface area contributed by atoms with Gasteiger partial charge >= 0.3 is 0 Å². The van der Waals surface area contributed by atoms with Gasteiger partial charge in [-0.15, -0.1) is 32.9 Å². The van der Waals surface area contributed by atoms with Crippen LogP contribution in [0.3, 0.4) is 0 Å². The minimum Gasteiger partial charge on any atom is -0.473 e. The van der Waals surface area contributed by atoms with E-state index in [-0.39, 0.29) is 0 Å². The number of pyridine rings is 1. The van der Waals surface area contributed by atoms with Gasteiger partial charge in [0.25, 0.3) is 0 Å². The molecular formula is C61H104N10O4S3. The molecule has 2 aromatic carbocycles. The molecule has 78 heavy (non-hydrogen) atoms. The maximum atomic E-state index is 4.86. The van der Waals surface area contributed by atoms with Crippen LogP contribution in [0.2, 0.25) is 0 Å². The number of thiazole rings is 2. The number of hydrogen-bond acceptors (Lipinski definition) is 17. The van der Waals surface area contributed by atoms with Crippen molar-refractivity contribution < 1.29 is 17.8 Å². The van der Waals surface area contributed by atoms with E-state index >= 15 is 0 Å². The average molecular weight is 1140 g/mol. The Kier molecular flexibility index (Phi) is 86.9. The van der Waals surface area contributed by atoms with E-state index in [0.29, 0.717) is 23.5 Å². The molecule has 8 aromatic heterocycles. The standard InChI is InChI=1S/C8H7NS.C6H6.C5H5N.2C4H6N2O.C4H6N2S.C4H5NO.C4H5NS.C4H4O.9C2H6/c1-6-9-7-4-2-3-5-8(7)10-6;2*1-2-4-6-5-3-1;1-3-5-6-4(2)7-3;2*1-3-5-4(2)7-6-3;2*1-4-5-2-3-6-4;1-2-4-5-3-1;9*1-2/h2-5H,1H3;1-6H;1-5H;3*1-2H3;2*2-3H,1H3;1-4H;9*1-2H3. The van der Waals surface area contributed by atoms with E-state index in [1.54, 1.807) is 101 Å². The topological polar surface area (TPSA) is 181 Å². The molecule has 0 spiro atoms. The number of rotatable bonds is 0. The molecule has 8 heterocycles. The van der Waals surface area contributed by atoms with E-state index < -0.39 is 0 Å². The molecule has 0 radical (unpaired) electrons. The van der Waals surface area contributed by atoms with Crippen LogP contribution in [-0.4, -0.2) is 49.6 Å². The lowest BCUT2D eigenvalue weighted by Crippen LogP contribution is -1.70. The molecule has 10 rings (SSSR count). The molecule has 0 saturated heterocycles. The van der Waals surface area contributed by atoms with Gasteiger partial charge in [-0.2, -0.15) is 9.36 Å². The monoisotopic (exact) mass is 1140 g/mol. The number of aryl methyl sites for hydroxylation is 9. The summed E-state index contributed by atoms with van der Waals surface area (Å²) in [7, 11) is 0. The molecule has 14 nitrogen and oxygen atoms in total. The first-order valence-corrected chi connectivity index (χ1v) is 29.7. The van der Waals surface area contributed by atoms with Gasteiger partial charge < -0.3 is 17.8 Å². The van der Waals surface area contributed by atoms with Crippen molar-refractivity contribution in [2.24, 2.45) is 0 Å². The van der Waals surface area contributed by atoms with Crippen LogP contribution < -0.4 is 0 Å².